The third-order valence-corrected chi connectivity index (χ3v) is 6.45. The van der Waals surface area contributed by atoms with Crippen molar-refractivity contribution in [2.75, 3.05) is 94.4 Å². The van der Waals surface area contributed by atoms with Crippen molar-refractivity contribution in [2.24, 2.45) is 0 Å². The van der Waals surface area contributed by atoms with Crippen molar-refractivity contribution in [3.63, 3.8) is 0 Å². The highest BCUT2D eigenvalue weighted by Crippen LogP contribution is 2.34. The van der Waals surface area contributed by atoms with Gasteiger partial charge in [0, 0.05) is 70.7 Å². The molecule has 2 aliphatic rings. The van der Waals surface area contributed by atoms with Crippen molar-refractivity contribution in [1.29, 1.82) is 0 Å². The Labute approximate surface area is 258 Å². The molecular weight excluding hydrogens is 608 g/mol. The number of nitrogens with two attached hydrogens (primary N) is 1. The highest BCUT2D eigenvalue weighted by Gasteiger charge is 2.32. The van der Waals surface area contributed by atoms with Gasteiger partial charge in [-0.25, -0.2) is 0 Å². The molecule has 0 bridgehead atoms. The molecule has 41 heavy (non-hydrogen) atoms. The summed E-state index contributed by atoms with van der Waals surface area (Å²) in [6.45, 7) is 8.85. The molecule has 2 fully saturated rings. The number of nitrogens with one attached hydrogen (secondary N) is 1. The van der Waals surface area contributed by atoms with Crippen LogP contribution in [0.4, 0.5) is 35.9 Å². The topological polar surface area (TPSA) is 86.5 Å². The van der Waals surface area contributed by atoms with E-state index in [0.29, 0.717) is 5.69 Å². The third-order valence-electron chi connectivity index (χ3n) is 6.45. The summed E-state index contributed by atoms with van der Waals surface area (Å²) >= 11 is 0. The number of nitrogen functional groups attached to an aromatic ring is 1. The number of ether oxygens (including phenoxy) is 2. The second-order valence-electron chi connectivity index (χ2n) is 9.42. The van der Waals surface area contributed by atoms with Crippen molar-refractivity contribution in [1.82, 2.24) is 9.80 Å². The Kier molecular flexibility index (Phi) is 16.4. The van der Waals surface area contributed by atoms with E-state index in [2.05, 4.69) is 42.8 Å². The fourth-order valence-electron chi connectivity index (χ4n) is 4.26. The lowest BCUT2D eigenvalue weighted by Crippen LogP contribution is -2.44. The zero-order chi connectivity index (χ0) is 27.9. The number of piperazine rings is 2. The van der Waals surface area contributed by atoms with Crippen molar-refractivity contribution in [3.8, 4) is 11.5 Å². The summed E-state index contributed by atoms with van der Waals surface area (Å²) in [6, 6.07) is 10.3. The van der Waals surface area contributed by atoms with E-state index in [0.717, 1.165) is 63.8 Å². The number of anilines is 4. The van der Waals surface area contributed by atoms with E-state index < -0.39 is 18.0 Å². The molecule has 2 aliphatic heterocycles. The van der Waals surface area contributed by atoms with Crippen LogP contribution < -0.4 is 30.3 Å². The van der Waals surface area contributed by atoms with E-state index in [4.69, 9.17) is 10.5 Å². The molecule has 15 heteroatoms. The summed E-state index contributed by atoms with van der Waals surface area (Å²) in [5, 5.41) is 2.38. The minimum absolute atomic E-state index is 0. The standard InChI is InChI=1S/C14H18F3N3O2.C12H19N3O.3ClH/c1-10(21)18-12-9-11(20-7-5-19(2)6-8-20)3-4-13(12)22-14(15,16)17;1-14-5-7-15(8-6-14)10-3-4-12(16-2)11(13)9-10;;;/h3-4,9H,5-8H2,1-2H3,(H,18,21);3-4,9H,5-8,13H2,1-2H3;3*1H. The molecule has 2 saturated heterocycles. The van der Waals surface area contributed by atoms with E-state index in [-0.39, 0.29) is 42.9 Å². The molecule has 1 amide bonds. The zero-order valence-electron chi connectivity index (χ0n) is 23.6. The number of carbonyl (C=O) groups excluding carboxylic acids is 1. The number of rotatable bonds is 5. The molecule has 0 aromatic heterocycles. The van der Waals surface area contributed by atoms with Gasteiger partial charge in [0.2, 0.25) is 5.91 Å². The molecule has 234 valence electrons. The Morgan fingerprint density at radius 3 is 1.63 bits per heavy atom. The van der Waals surface area contributed by atoms with Crippen LogP contribution in [0.15, 0.2) is 36.4 Å². The summed E-state index contributed by atoms with van der Waals surface area (Å²) < 4.78 is 46.3. The average Bonchev–Trinajstić information content (AvgIpc) is 2.85. The van der Waals surface area contributed by atoms with Gasteiger partial charge >= 0.3 is 6.36 Å². The maximum absolute atomic E-state index is 12.4. The molecule has 0 saturated carbocycles. The number of nitrogens with zero attached hydrogens (tertiary/aromatic N) is 4. The average molecular weight is 648 g/mol. The van der Waals surface area contributed by atoms with Gasteiger partial charge < -0.3 is 40.1 Å². The van der Waals surface area contributed by atoms with Crippen LogP contribution in [-0.2, 0) is 4.79 Å². The Bertz CT molecular complexity index is 1080. The first-order valence-electron chi connectivity index (χ1n) is 12.4. The van der Waals surface area contributed by atoms with Crippen LogP contribution in [0.3, 0.4) is 0 Å². The van der Waals surface area contributed by atoms with Gasteiger partial charge in [0.05, 0.1) is 18.5 Å². The van der Waals surface area contributed by atoms with Gasteiger partial charge in [0.25, 0.3) is 0 Å². The molecule has 2 aromatic rings. The van der Waals surface area contributed by atoms with Gasteiger partial charge in [-0.05, 0) is 50.5 Å². The van der Waals surface area contributed by atoms with Crippen molar-refractivity contribution in [2.45, 2.75) is 13.3 Å². The number of hydrogen-bond donors (Lipinski definition) is 2. The molecule has 3 N–H and O–H groups in total. The number of alkyl halides is 3. The van der Waals surface area contributed by atoms with E-state index in [9.17, 15) is 18.0 Å². The zero-order valence-corrected chi connectivity index (χ0v) is 26.0. The third kappa shape index (κ3) is 12.1. The smallest absolute Gasteiger partial charge is 0.495 e. The molecule has 9 nitrogen and oxygen atoms in total. The highest BCUT2D eigenvalue weighted by molar-refractivity contribution is 5.91. The monoisotopic (exact) mass is 646 g/mol. The second-order valence-corrected chi connectivity index (χ2v) is 9.42. The molecule has 2 heterocycles. The summed E-state index contributed by atoms with van der Waals surface area (Å²) in [6.07, 6.45) is -4.80. The molecule has 0 unspecified atom stereocenters. The summed E-state index contributed by atoms with van der Waals surface area (Å²) in [5.74, 6) is -0.124. The van der Waals surface area contributed by atoms with Crippen molar-refractivity contribution < 1.29 is 27.4 Å². The van der Waals surface area contributed by atoms with Gasteiger partial charge in [-0.2, -0.15) is 0 Å². The Hall–Kier alpha value is -2.51. The largest absolute Gasteiger partial charge is 0.573 e. The lowest BCUT2D eigenvalue weighted by Gasteiger charge is -2.34. The van der Waals surface area contributed by atoms with Gasteiger partial charge in [0.1, 0.15) is 5.75 Å². The van der Waals surface area contributed by atoms with Crippen LogP contribution in [0, 0.1) is 0 Å². The minimum Gasteiger partial charge on any atom is -0.495 e. The van der Waals surface area contributed by atoms with Crippen LogP contribution in [0.1, 0.15) is 6.92 Å². The van der Waals surface area contributed by atoms with Crippen molar-refractivity contribution in [3.05, 3.63) is 36.4 Å². The van der Waals surface area contributed by atoms with Crippen LogP contribution in [-0.4, -0.2) is 95.6 Å². The molecule has 4 rings (SSSR count). The first kappa shape index (κ1) is 38.5. The fourth-order valence-corrected chi connectivity index (χ4v) is 4.26. The summed E-state index contributed by atoms with van der Waals surface area (Å²) in [4.78, 5) is 20.1. The Balaban J connectivity index is 0.000000756. The van der Waals surface area contributed by atoms with E-state index in [1.54, 1.807) is 13.2 Å². The Morgan fingerprint density at radius 2 is 1.24 bits per heavy atom. The molecular formula is C26H40Cl3F3N6O3. The number of hydrogen-bond acceptors (Lipinski definition) is 8. The van der Waals surface area contributed by atoms with Gasteiger partial charge in [0.15, 0.2) is 5.75 Å². The van der Waals surface area contributed by atoms with Gasteiger partial charge in [-0.15, -0.1) is 50.4 Å². The first-order chi connectivity index (χ1) is 17.9. The fraction of sp³-hybridized carbons (Fsp3) is 0.500. The van der Waals surface area contributed by atoms with Crippen LogP contribution in [0.5, 0.6) is 11.5 Å². The van der Waals surface area contributed by atoms with Gasteiger partial charge in [-0.1, -0.05) is 0 Å². The van der Waals surface area contributed by atoms with Crippen LogP contribution >= 0.6 is 37.2 Å². The maximum atomic E-state index is 12.4. The van der Waals surface area contributed by atoms with E-state index in [1.807, 2.05) is 19.2 Å². The predicted octanol–water partition coefficient (Wildman–Crippen LogP) is 4.59. The number of amides is 1. The van der Waals surface area contributed by atoms with E-state index >= 15 is 0 Å². The summed E-state index contributed by atoms with van der Waals surface area (Å²) in [5.41, 5.74) is 8.57. The Morgan fingerprint density at radius 1 is 0.805 bits per heavy atom. The number of methoxy groups -OCH3 is 1. The normalized spacial score (nSPS) is 15.7. The first-order valence-corrected chi connectivity index (χ1v) is 12.4. The molecule has 0 radical (unpaired) electrons. The summed E-state index contributed by atoms with van der Waals surface area (Å²) in [7, 11) is 5.81. The number of benzene rings is 2. The molecule has 0 spiro atoms. The predicted molar refractivity (Wildman–Crippen MR) is 166 cm³/mol. The van der Waals surface area contributed by atoms with Crippen LogP contribution in [0.25, 0.3) is 0 Å². The molecule has 2 aromatic carbocycles. The van der Waals surface area contributed by atoms with Gasteiger partial charge in [-0.3, -0.25) is 4.79 Å². The van der Waals surface area contributed by atoms with Crippen LogP contribution in [0.2, 0.25) is 0 Å². The second kappa shape index (κ2) is 17.4. The SMILES string of the molecule is CC(=O)Nc1cc(N2CCN(C)CC2)ccc1OC(F)(F)F.COc1ccc(N2CCN(C)CC2)cc1N.Cl.Cl.Cl. The lowest BCUT2D eigenvalue weighted by molar-refractivity contribution is -0.274. The van der Waals surface area contributed by atoms with Crippen molar-refractivity contribution >= 4 is 65.9 Å². The highest BCUT2D eigenvalue weighted by atomic mass is 35.5. The molecule has 0 aliphatic carbocycles. The van der Waals surface area contributed by atoms with E-state index in [1.165, 1.54) is 24.7 Å². The quantitative estimate of drug-likeness (QED) is 0.456. The number of likely N-dealkylation sites (N-methyl/N-ethyl adjacent to an activating group) is 2. The number of halogens is 6. The lowest BCUT2D eigenvalue weighted by atomic mass is 10.2. The minimum atomic E-state index is -4.80. The number of carbonyl (C=O) groups is 1. The maximum Gasteiger partial charge on any atom is 0.573 e. The molecule has 0 atom stereocenters.